The van der Waals surface area contributed by atoms with Gasteiger partial charge in [-0.3, -0.25) is 4.79 Å². The molecule has 9 nitrogen and oxygen atoms in total. The number of hydrogen-bond donors (Lipinski definition) is 3. The van der Waals surface area contributed by atoms with E-state index in [-0.39, 0.29) is 5.91 Å². The molecule has 0 unspecified atom stereocenters. The van der Waals surface area contributed by atoms with Gasteiger partial charge < -0.3 is 30.2 Å². The van der Waals surface area contributed by atoms with Crippen molar-refractivity contribution in [3.8, 4) is 17.2 Å². The lowest BCUT2D eigenvalue weighted by Crippen LogP contribution is -2.19. The Hall–Kier alpha value is -4.01. The Morgan fingerprint density at radius 2 is 1.69 bits per heavy atom. The van der Waals surface area contributed by atoms with Crippen molar-refractivity contribution >= 4 is 29.0 Å². The van der Waals surface area contributed by atoms with E-state index in [2.05, 4.69) is 27.9 Å². The summed E-state index contributed by atoms with van der Waals surface area (Å²) in [7, 11) is 6.30. The van der Waals surface area contributed by atoms with Crippen molar-refractivity contribution in [2.75, 3.05) is 39.0 Å². The number of amides is 1. The minimum atomic E-state index is -0.175. The standard InChI is InChI=1S/C26H33N5O4/c1-6-7-8-11-17-16-28-26(29-18-14-21(33-3)23(35-5)22(15-18)34-4)31-24(17)30-20-13-10-9-12-19(20)25(32)27-2/h9-10,12-16H,6-8,11H2,1-5H3,(H,27,32)(H2,28,29,30,31). The molecule has 0 aliphatic carbocycles. The first kappa shape index (κ1) is 25.6. The van der Waals surface area contributed by atoms with Gasteiger partial charge in [-0.25, -0.2) is 4.98 Å². The van der Waals surface area contributed by atoms with E-state index >= 15 is 0 Å². The van der Waals surface area contributed by atoms with Crippen molar-refractivity contribution in [3.63, 3.8) is 0 Å². The van der Waals surface area contributed by atoms with Crippen LogP contribution in [0.4, 0.5) is 23.1 Å². The van der Waals surface area contributed by atoms with Crippen molar-refractivity contribution < 1.29 is 19.0 Å². The molecule has 3 rings (SSSR count). The molecule has 2 aromatic carbocycles. The topological polar surface area (TPSA) is 107 Å². The number of hydrogen-bond acceptors (Lipinski definition) is 8. The number of ether oxygens (including phenoxy) is 3. The molecule has 3 aromatic rings. The van der Waals surface area contributed by atoms with Gasteiger partial charge in [0.25, 0.3) is 5.91 Å². The van der Waals surface area contributed by atoms with Crippen molar-refractivity contribution in [2.45, 2.75) is 32.6 Å². The van der Waals surface area contributed by atoms with Crippen LogP contribution in [0, 0.1) is 0 Å². The van der Waals surface area contributed by atoms with Crippen LogP contribution >= 0.6 is 0 Å². The second-order valence-electron chi connectivity index (χ2n) is 7.81. The monoisotopic (exact) mass is 479 g/mol. The molecular formula is C26H33N5O4. The molecule has 0 fully saturated rings. The Morgan fingerprint density at radius 1 is 0.971 bits per heavy atom. The molecule has 0 spiro atoms. The summed E-state index contributed by atoms with van der Waals surface area (Å²) in [4.78, 5) is 21.6. The zero-order valence-corrected chi connectivity index (χ0v) is 20.9. The molecule has 9 heteroatoms. The van der Waals surface area contributed by atoms with Gasteiger partial charge in [-0.1, -0.05) is 31.9 Å². The zero-order chi connectivity index (χ0) is 25.2. The van der Waals surface area contributed by atoms with Crippen molar-refractivity contribution in [1.29, 1.82) is 0 Å². The minimum absolute atomic E-state index is 0.175. The second-order valence-corrected chi connectivity index (χ2v) is 7.81. The van der Waals surface area contributed by atoms with E-state index in [4.69, 9.17) is 19.2 Å². The number of anilines is 4. The first-order chi connectivity index (χ1) is 17.0. The van der Waals surface area contributed by atoms with Crippen LogP contribution in [0.15, 0.2) is 42.6 Å². The summed E-state index contributed by atoms with van der Waals surface area (Å²) in [6.45, 7) is 2.17. The molecule has 35 heavy (non-hydrogen) atoms. The Labute approximate surface area is 206 Å². The molecule has 0 aliphatic heterocycles. The molecule has 1 aromatic heterocycles. The largest absolute Gasteiger partial charge is 0.493 e. The fraction of sp³-hybridized carbons (Fsp3) is 0.346. The van der Waals surface area contributed by atoms with Gasteiger partial charge in [-0.05, 0) is 25.0 Å². The van der Waals surface area contributed by atoms with Gasteiger partial charge in [0.2, 0.25) is 11.7 Å². The number of benzene rings is 2. The lowest BCUT2D eigenvalue weighted by Gasteiger charge is -2.16. The third kappa shape index (κ3) is 6.32. The number of carbonyl (C=O) groups is 1. The molecule has 0 bridgehead atoms. The highest BCUT2D eigenvalue weighted by Gasteiger charge is 2.16. The molecule has 0 saturated heterocycles. The SMILES string of the molecule is CCCCCc1cnc(Nc2cc(OC)c(OC)c(OC)c2)nc1Nc1ccccc1C(=O)NC. The maximum absolute atomic E-state index is 12.4. The first-order valence-electron chi connectivity index (χ1n) is 11.6. The number of methoxy groups -OCH3 is 3. The van der Waals surface area contributed by atoms with Gasteiger partial charge in [0.1, 0.15) is 5.82 Å². The summed E-state index contributed by atoms with van der Waals surface area (Å²) in [5.41, 5.74) is 2.85. The third-order valence-electron chi connectivity index (χ3n) is 5.49. The average molecular weight is 480 g/mol. The lowest BCUT2D eigenvalue weighted by atomic mass is 10.1. The number of rotatable bonds is 12. The van der Waals surface area contributed by atoms with Crippen LogP contribution in [0.5, 0.6) is 17.2 Å². The van der Waals surface area contributed by atoms with Crippen LogP contribution < -0.4 is 30.2 Å². The molecule has 1 heterocycles. The molecular weight excluding hydrogens is 446 g/mol. The maximum Gasteiger partial charge on any atom is 0.253 e. The van der Waals surface area contributed by atoms with Gasteiger partial charge >= 0.3 is 0 Å². The third-order valence-corrected chi connectivity index (χ3v) is 5.49. The van der Waals surface area contributed by atoms with Crippen molar-refractivity contribution in [2.24, 2.45) is 0 Å². The van der Waals surface area contributed by atoms with Gasteiger partial charge in [0.15, 0.2) is 11.5 Å². The van der Waals surface area contributed by atoms with Crippen LogP contribution in [0.1, 0.15) is 42.1 Å². The Morgan fingerprint density at radius 3 is 2.31 bits per heavy atom. The van der Waals surface area contributed by atoms with E-state index in [0.717, 1.165) is 31.2 Å². The van der Waals surface area contributed by atoms with E-state index in [1.807, 2.05) is 24.4 Å². The number of para-hydroxylation sites is 1. The smallest absolute Gasteiger partial charge is 0.253 e. The predicted molar refractivity (Wildman–Crippen MR) is 138 cm³/mol. The van der Waals surface area contributed by atoms with Crippen LogP contribution in [0.2, 0.25) is 0 Å². The maximum atomic E-state index is 12.4. The van der Waals surface area contributed by atoms with Gasteiger partial charge in [-0.15, -0.1) is 0 Å². The van der Waals surface area contributed by atoms with Gasteiger partial charge in [-0.2, -0.15) is 4.98 Å². The highest BCUT2D eigenvalue weighted by Crippen LogP contribution is 2.40. The fourth-order valence-electron chi connectivity index (χ4n) is 3.66. The number of nitrogens with one attached hydrogen (secondary N) is 3. The van der Waals surface area contributed by atoms with E-state index in [1.165, 1.54) is 0 Å². The van der Waals surface area contributed by atoms with Crippen molar-refractivity contribution in [1.82, 2.24) is 15.3 Å². The highest BCUT2D eigenvalue weighted by atomic mass is 16.5. The van der Waals surface area contributed by atoms with Crippen LogP contribution in [0.25, 0.3) is 0 Å². The summed E-state index contributed by atoms with van der Waals surface area (Å²) in [6.07, 6.45) is 5.88. The normalized spacial score (nSPS) is 10.4. The summed E-state index contributed by atoms with van der Waals surface area (Å²) < 4.78 is 16.3. The van der Waals surface area contributed by atoms with Gasteiger partial charge in [0, 0.05) is 36.6 Å². The molecule has 186 valence electrons. The quantitative estimate of drug-likeness (QED) is 0.309. The van der Waals surface area contributed by atoms with E-state index in [1.54, 1.807) is 46.6 Å². The molecule has 0 atom stereocenters. The average Bonchev–Trinajstić information content (AvgIpc) is 2.89. The zero-order valence-electron chi connectivity index (χ0n) is 20.9. The number of carbonyl (C=O) groups excluding carboxylic acids is 1. The van der Waals surface area contributed by atoms with Gasteiger partial charge in [0.05, 0.1) is 32.6 Å². The first-order valence-corrected chi connectivity index (χ1v) is 11.6. The van der Waals surface area contributed by atoms with Crippen molar-refractivity contribution in [3.05, 3.63) is 53.7 Å². The van der Waals surface area contributed by atoms with E-state index in [9.17, 15) is 4.79 Å². The van der Waals surface area contributed by atoms with Crippen LogP contribution in [0.3, 0.4) is 0 Å². The second kappa shape index (κ2) is 12.5. The summed E-state index contributed by atoms with van der Waals surface area (Å²) in [5, 5.41) is 9.25. The number of nitrogens with zero attached hydrogens (tertiary/aromatic N) is 2. The van der Waals surface area contributed by atoms with Crippen LogP contribution in [-0.4, -0.2) is 44.3 Å². The highest BCUT2D eigenvalue weighted by molar-refractivity contribution is 6.00. The number of aromatic nitrogens is 2. The minimum Gasteiger partial charge on any atom is -0.493 e. The summed E-state index contributed by atoms with van der Waals surface area (Å²) >= 11 is 0. The lowest BCUT2D eigenvalue weighted by molar-refractivity contribution is 0.0964. The molecule has 0 aliphatic rings. The Bertz CT molecular complexity index is 1130. The Balaban J connectivity index is 1.97. The molecule has 0 radical (unpaired) electrons. The Kier molecular flexibility index (Phi) is 9.11. The summed E-state index contributed by atoms with van der Waals surface area (Å²) in [6, 6.07) is 10.9. The van der Waals surface area contributed by atoms with Crippen LogP contribution in [-0.2, 0) is 6.42 Å². The van der Waals surface area contributed by atoms with E-state index < -0.39 is 0 Å². The number of aryl methyl sites for hydroxylation is 1. The molecule has 1 amide bonds. The van der Waals surface area contributed by atoms with E-state index in [0.29, 0.717) is 46.0 Å². The molecule has 3 N–H and O–H groups in total. The summed E-state index contributed by atoms with van der Waals surface area (Å²) in [5.74, 6) is 2.39. The number of unbranched alkanes of at least 4 members (excludes halogenated alkanes) is 2. The molecule has 0 saturated carbocycles. The predicted octanol–water partition coefficient (Wildman–Crippen LogP) is 5.08. The fourth-order valence-corrected chi connectivity index (χ4v) is 3.66.